The van der Waals surface area contributed by atoms with Crippen molar-refractivity contribution in [2.24, 2.45) is 5.10 Å². The molecule has 222 valence electrons. The maximum absolute atomic E-state index is 13.4. The van der Waals surface area contributed by atoms with Gasteiger partial charge in [0.1, 0.15) is 29.6 Å². The number of hydrogen-bond donors (Lipinski definition) is 1. The molecule has 4 aromatic carbocycles. The lowest BCUT2D eigenvalue weighted by molar-refractivity contribution is -0.385. The Morgan fingerprint density at radius 1 is 0.884 bits per heavy atom. The number of benzene rings is 4. The number of sulfonamides is 1. The third kappa shape index (κ3) is 7.74. The summed E-state index contributed by atoms with van der Waals surface area (Å²) in [5, 5.41) is 15.7. The summed E-state index contributed by atoms with van der Waals surface area (Å²) in [5.41, 5.74) is 5.12. The van der Waals surface area contributed by atoms with E-state index in [4.69, 9.17) is 14.2 Å². The average molecular weight is 603 g/mol. The van der Waals surface area contributed by atoms with Crippen LogP contribution >= 0.6 is 0 Å². The Kier molecular flexibility index (Phi) is 9.62. The number of hydrazone groups is 1. The van der Waals surface area contributed by atoms with Crippen molar-refractivity contribution in [2.75, 3.05) is 31.7 Å². The molecule has 11 nitrogen and oxygen atoms in total. The lowest BCUT2D eigenvalue weighted by atomic mass is 10.2. The van der Waals surface area contributed by atoms with Crippen LogP contribution in [0.3, 0.4) is 0 Å². The molecule has 12 heteroatoms. The van der Waals surface area contributed by atoms with Gasteiger partial charge in [-0.05, 0) is 29.3 Å². The number of morpholine rings is 1. The van der Waals surface area contributed by atoms with Gasteiger partial charge in [-0.15, -0.1) is 0 Å². The highest BCUT2D eigenvalue weighted by atomic mass is 32.2. The van der Waals surface area contributed by atoms with Crippen molar-refractivity contribution in [3.05, 3.63) is 124 Å². The van der Waals surface area contributed by atoms with E-state index in [0.717, 1.165) is 17.2 Å². The van der Waals surface area contributed by atoms with Crippen molar-refractivity contribution in [1.82, 2.24) is 4.31 Å². The molecule has 0 bridgehead atoms. The van der Waals surface area contributed by atoms with Crippen LogP contribution in [0.15, 0.2) is 107 Å². The first kappa shape index (κ1) is 29.7. The third-order valence-corrected chi connectivity index (χ3v) is 8.56. The highest BCUT2D eigenvalue weighted by Crippen LogP contribution is 2.30. The van der Waals surface area contributed by atoms with Crippen molar-refractivity contribution < 1.29 is 27.6 Å². The first-order chi connectivity index (χ1) is 20.9. The van der Waals surface area contributed by atoms with E-state index in [1.54, 1.807) is 18.2 Å². The molecule has 0 unspecified atom stereocenters. The molecule has 0 amide bonds. The summed E-state index contributed by atoms with van der Waals surface area (Å²) in [5.74, 6) is 1.11. The predicted octanol–water partition coefficient (Wildman–Crippen LogP) is 5.22. The molecule has 43 heavy (non-hydrogen) atoms. The minimum atomic E-state index is -4.05. The van der Waals surface area contributed by atoms with Crippen LogP contribution in [0.1, 0.15) is 16.7 Å². The zero-order valence-electron chi connectivity index (χ0n) is 23.2. The molecule has 1 fully saturated rings. The fourth-order valence-electron chi connectivity index (χ4n) is 4.34. The normalized spacial score (nSPS) is 14.0. The molecule has 0 radical (unpaired) electrons. The SMILES string of the molecule is O=[N+]([O-])c1ccc(N/N=C\c2ccc(OCc3ccccc3)cc2OCc2ccccc2)c(S(=O)(=O)N2CCOCC2)c1. The smallest absolute Gasteiger partial charge is 0.270 e. The van der Waals surface area contributed by atoms with Crippen LogP contribution in [0.25, 0.3) is 0 Å². The van der Waals surface area contributed by atoms with Gasteiger partial charge in [0.25, 0.3) is 5.69 Å². The van der Waals surface area contributed by atoms with E-state index in [2.05, 4.69) is 10.5 Å². The van der Waals surface area contributed by atoms with Crippen LogP contribution in [-0.2, 0) is 28.0 Å². The van der Waals surface area contributed by atoms with E-state index in [9.17, 15) is 18.5 Å². The van der Waals surface area contributed by atoms with Crippen LogP contribution < -0.4 is 14.9 Å². The maximum atomic E-state index is 13.4. The highest BCUT2D eigenvalue weighted by Gasteiger charge is 2.30. The Morgan fingerprint density at radius 2 is 1.53 bits per heavy atom. The fourth-order valence-corrected chi connectivity index (χ4v) is 5.91. The van der Waals surface area contributed by atoms with Crippen LogP contribution in [0.5, 0.6) is 11.5 Å². The van der Waals surface area contributed by atoms with Crippen molar-refractivity contribution >= 4 is 27.6 Å². The van der Waals surface area contributed by atoms with Gasteiger partial charge in [-0.2, -0.15) is 9.41 Å². The molecule has 0 spiro atoms. The second-order valence-corrected chi connectivity index (χ2v) is 11.5. The standard InChI is InChI=1S/C31H30N4O7S/c36-35(37)27-12-14-29(31(19-27)43(38,39)34-15-17-40-18-16-34)33-32-21-26-11-13-28(41-22-24-7-3-1-4-8-24)20-30(26)42-23-25-9-5-2-6-10-25/h1-14,19-21,33H,15-18,22-23H2/b32-21-. The molecule has 5 rings (SSSR count). The summed E-state index contributed by atoms with van der Waals surface area (Å²) >= 11 is 0. The molecular weight excluding hydrogens is 572 g/mol. The molecule has 1 saturated heterocycles. The van der Waals surface area contributed by atoms with Gasteiger partial charge >= 0.3 is 0 Å². The van der Waals surface area contributed by atoms with Gasteiger partial charge in [0.05, 0.1) is 30.0 Å². The number of nitrogens with one attached hydrogen (secondary N) is 1. The third-order valence-electron chi connectivity index (χ3n) is 6.62. The number of ether oxygens (including phenoxy) is 3. The molecule has 0 saturated carbocycles. The van der Waals surface area contributed by atoms with Crippen molar-refractivity contribution in [3.63, 3.8) is 0 Å². The highest BCUT2D eigenvalue weighted by molar-refractivity contribution is 7.89. The zero-order valence-corrected chi connectivity index (χ0v) is 24.0. The Morgan fingerprint density at radius 3 is 2.19 bits per heavy atom. The maximum Gasteiger partial charge on any atom is 0.270 e. The van der Waals surface area contributed by atoms with Crippen molar-refractivity contribution in [2.45, 2.75) is 18.1 Å². The van der Waals surface area contributed by atoms with Gasteiger partial charge in [0.15, 0.2) is 0 Å². The monoisotopic (exact) mass is 602 g/mol. The van der Waals surface area contributed by atoms with E-state index < -0.39 is 14.9 Å². The number of nitrogens with zero attached hydrogens (tertiary/aromatic N) is 3. The van der Waals surface area contributed by atoms with Gasteiger partial charge < -0.3 is 14.2 Å². The topological polar surface area (TPSA) is 133 Å². The summed E-state index contributed by atoms with van der Waals surface area (Å²) in [6.07, 6.45) is 1.49. The molecule has 1 N–H and O–H groups in total. The number of hydrogen-bond acceptors (Lipinski definition) is 9. The summed E-state index contributed by atoms with van der Waals surface area (Å²) in [6.45, 7) is 1.47. The Labute approximate surface area is 249 Å². The zero-order chi connectivity index (χ0) is 30.1. The predicted molar refractivity (Wildman–Crippen MR) is 162 cm³/mol. The Hall–Kier alpha value is -4.78. The Bertz CT molecular complexity index is 1680. The fraction of sp³-hybridized carbons (Fsp3) is 0.194. The van der Waals surface area contributed by atoms with Gasteiger partial charge in [0, 0.05) is 36.9 Å². The second kappa shape index (κ2) is 13.9. The second-order valence-electron chi connectivity index (χ2n) is 9.57. The minimum Gasteiger partial charge on any atom is -0.489 e. The number of nitro benzene ring substituents is 1. The molecule has 1 heterocycles. The number of anilines is 1. The van der Waals surface area contributed by atoms with E-state index in [1.165, 1.54) is 22.7 Å². The van der Waals surface area contributed by atoms with Crippen molar-refractivity contribution in [1.29, 1.82) is 0 Å². The van der Waals surface area contributed by atoms with Gasteiger partial charge in [0.2, 0.25) is 10.0 Å². The largest absolute Gasteiger partial charge is 0.489 e. The first-order valence-electron chi connectivity index (χ1n) is 13.5. The summed E-state index contributed by atoms with van der Waals surface area (Å²) in [7, 11) is -4.05. The van der Waals surface area contributed by atoms with E-state index in [0.29, 0.717) is 30.3 Å². The van der Waals surface area contributed by atoms with Crippen molar-refractivity contribution in [3.8, 4) is 11.5 Å². The summed E-state index contributed by atoms with van der Waals surface area (Å²) in [4.78, 5) is 10.5. The van der Waals surface area contributed by atoms with Crippen LogP contribution in [0, 0.1) is 10.1 Å². The number of rotatable bonds is 12. The van der Waals surface area contributed by atoms with E-state index >= 15 is 0 Å². The molecule has 4 aromatic rings. The lowest BCUT2D eigenvalue weighted by Crippen LogP contribution is -2.40. The molecule has 0 aliphatic carbocycles. The van der Waals surface area contributed by atoms with Crippen LogP contribution in [-0.4, -0.2) is 50.2 Å². The molecule has 0 atom stereocenters. The van der Waals surface area contributed by atoms with E-state index in [1.807, 2.05) is 60.7 Å². The van der Waals surface area contributed by atoms with Crippen LogP contribution in [0.2, 0.25) is 0 Å². The molecular formula is C31H30N4O7S. The summed E-state index contributed by atoms with van der Waals surface area (Å²) < 4.78 is 45.4. The molecule has 0 aromatic heterocycles. The molecule has 1 aliphatic heterocycles. The summed E-state index contributed by atoms with van der Waals surface area (Å²) in [6, 6.07) is 28.4. The van der Waals surface area contributed by atoms with E-state index in [-0.39, 0.29) is 42.6 Å². The minimum absolute atomic E-state index is 0.0999. The lowest BCUT2D eigenvalue weighted by Gasteiger charge is -2.26. The first-order valence-corrected chi connectivity index (χ1v) is 15.0. The van der Waals surface area contributed by atoms with Gasteiger partial charge in [-0.3, -0.25) is 15.5 Å². The quantitative estimate of drug-likeness (QED) is 0.133. The van der Waals surface area contributed by atoms with Gasteiger partial charge in [-0.25, -0.2) is 8.42 Å². The van der Waals surface area contributed by atoms with Crippen LogP contribution in [0.4, 0.5) is 11.4 Å². The average Bonchev–Trinajstić information content (AvgIpc) is 3.04. The van der Waals surface area contributed by atoms with Gasteiger partial charge in [-0.1, -0.05) is 60.7 Å². The Balaban J connectivity index is 1.39. The molecule has 1 aliphatic rings. The number of nitro groups is 1. The number of non-ortho nitro benzene ring substituents is 1.